The Morgan fingerprint density at radius 1 is 0.841 bits per heavy atom. The second-order valence-electron chi connectivity index (χ2n) is 12.1. The SMILES string of the molecule is Cc1cccc(N2CCN(CCCCOc3ccccc3CCC(CCCCC(=O)O)Cc3ccc(C(=O)O)cc3)CC2)c1. The van der Waals surface area contributed by atoms with E-state index in [0.717, 1.165) is 89.0 Å². The van der Waals surface area contributed by atoms with Gasteiger partial charge in [-0.05, 0) is 105 Å². The van der Waals surface area contributed by atoms with Crippen LogP contribution in [0.15, 0.2) is 72.8 Å². The molecule has 1 saturated heterocycles. The maximum absolute atomic E-state index is 11.2. The number of nitrogens with zero attached hydrogens (tertiary/aromatic N) is 2. The third-order valence-corrected chi connectivity index (χ3v) is 8.64. The molecule has 0 amide bonds. The first kappa shape index (κ1) is 33.1. The Morgan fingerprint density at radius 2 is 1.61 bits per heavy atom. The second-order valence-corrected chi connectivity index (χ2v) is 12.1. The molecule has 7 nitrogen and oxygen atoms in total. The van der Waals surface area contributed by atoms with Gasteiger partial charge in [-0.3, -0.25) is 9.69 Å². The molecule has 1 aliphatic rings. The van der Waals surface area contributed by atoms with E-state index in [0.29, 0.717) is 24.5 Å². The van der Waals surface area contributed by atoms with E-state index in [-0.39, 0.29) is 6.42 Å². The van der Waals surface area contributed by atoms with Crippen LogP contribution in [0.4, 0.5) is 5.69 Å². The highest BCUT2D eigenvalue weighted by molar-refractivity contribution is 5.87. The molecule has 1 fully saturated rings. The average molecular weight is 601 g/mol. The summed E-state index contributed by atoms with van der Waals surface area (Å²) < 4.78 is 6.28. The lowest BCUT2D eigenvalue weighted by molar-refractivity contribution is -0.137. The van der Waals surface area contributed by atoms with Crippen LogP contribution in [0, 0.1) is 12.8 Å². The number of anilines is 1. The number of hydrogen-bond donors (Lipinski definition) is 2. The van der Waals surface area contributed by atoms with E-state index in [1.54, 1.807) is 12.1 Å². The van der Waals surface area contributed by atoms with Crippen molar-refractivity contribution >= 4 is 17.6 Å². The number of aliphatic carboxylic acids is 1. The molecule has 1 atom stereocenters. The van der Waals surface area contributed by atoms with E-state index in [4.69, 9.17) is 9.84 Å². The molecule has 0 radical (unpaired) electrons. The zero-order valence-electron chi connectivity index (χ0n) is 26.1. The molecule has 0 saturated carbocycles. The standard InChI is InChI=1S/C37H48N2O5/c1-29-9-8-12-34(27-29)39-24-22-38(23-25-39)21-6-7-26-44-35-13-4-3-11-32(35)18-15-30(10-2-5-14-36(40)41)28-31-16-19-33(20-17-31)37(42)43/h3-4,8-9,11-13,16-17,19-20,27,30H,2,5-7,10,14-15,18,21-26,28H2,1H3,(H,40,41)(H,42,43). The minimum absolute atomic E-state index is 0.195. The maximum atomic E-state index is 11.2. The maximum Gasteiger partial charge on any atom is 0.335 e. The van der Waals surface area contributed by atoms with Crippen molar-refractivity contribution in [2.75, 3.05) is 44.2 Å². The number of carbonyl (C=O) groups is 2. The Balaban J connectivity index is 1.21. The number of carboxylic acid groups (broad SMARTS) is 2. The molecule has 4 rings (SSSR count). The molecule has 3 aromatic carbocycles. The van der Waals surface area contributed by atoms with Gasteiger partial charge in [0.15, 0.2) is 0 Å². The van der Waals surface area contributed by atoms with Crippen LogP contribution in [0.5, 0.6) is 5.75 Å². The summed E-state index contributed by atoms with van der Waals surface area (Å²) in [5.74, 6) is -0.346. The number of rotatable bonds is 18. The average Bonchev–Trinajstić information content (AvgIpc) is 3.02. The van der Waals surface area contributed by atoms with E-state index in [2.05, 4.69) is 59.2 Å². The first-order valence-corrected chi connectivity index (χ1v) is 16.2. The van der Waals surface area contributed by atoms with Gasteiger partial charge in [0.25, 0.3) is 0 Å². The number of ether oxygens (including phenoxy) is 1. The summed E-state index contributed by atoms with van der Waals surface area (Å²) in [5.41, 5.74) is 5.24. The van der Waals surface area contributed by atoms with Gasteiger partial charge in [0.05, 0.1) is 12.2 Å². The topological polar surface area (TPSA) is 90.3 Å². The minimum Gasteiger partial charge on any atom is -0.493 e. The molecule has 0 aromatic heterocycles. The molecule has 0 bridgehead atoms. The highest BCUT2D eigenvalue weighted by Crippen LogP contribution is 2.26. The van der Waals surface area contributed by atoms with Gasteiger partial charge in [0.2, 0.25) is 0 Å². The van der Waals surface area contributed by atoms with E-state index in [9.17, 15) is 14.7 Å². The van der Waals surface area contributed by atoms with E-state index >= 15 is 0 Å². The summed E-state index contributed by atoms with van der Waals surface area (Å²) in [6.07, 6.45) is 7.50. The molecule has 7 heteroatoms. The quantitative estimate of drug-likeness (QED) is 0.150. The number of para-hydroxylation sites is 1. The second kappa shape index (κ2) is 17.5. The summed E-state index contributed by atoms with van der Waals surface area (Å²) in [4.78, 5) is 27.3. The number of aromatic carboxylic acids is 1. The van der Waals surface area contributed by atoms with Crippen molar-refractivity contribution in [2.45, 2.75) is 64.7 Å². The van der Waals surface area contributed by atoms with Gasteiger partial charge >= 0.3 is 11.9 Å². The van der Waals surface area contributed by atoms with Crippen LogP contribution in [0.2, 0.25) is 0 Å². The van der Waals surface area contributed by atoms with Gasteiger partial charge in [-0.2, -0.15) is 0 Å². The van der Waals surface area contributed by atoms with Crippen LogP contribution < -0.4 is 9.64 Å². The molecule has 0 aliphatic carbocycles. The first-order chi connectivity index (χ1) is 21.4. The van der Waals surface area contributed by atoms with Crippen molar-refractivity contribution in [3.8, 4) is 5.75 Å². The highest BCUT2D eigenvalue weighted by atomic mass is 16.5. The highest BCUT2D eigenvalue weighted by Gasteiger charge is 2.17. The smallest absolute Gasteiger partial charge is 0.335 e. The van der Waals surface area contributed by atoms with Crippen LogP contribution in [0.1, 0.15) is 72.0 Å². The van der Waals surface area contributed by atoms with Gasteiger partial charge in [0, 0.05) is 38.3 Å². The molecule has 44 heavy (non-hydrogen) atoms. The molecule has 1 aliphatic heterocycles. The number of aryl methyl sites for hydroxylation is 2. The lowest BCUT2D eigenvalue weighted by atomic mass is 9.88. The summed E-state index contributed by atoms with van der Waals surface area (Å²) in [5, 5.41) is 18.3. The van der Waals surface area contributed by atoms with E-state index < -0.39 is 11.9 Å². The normalized spacial score (nSPS) is 14.3. The van der Waals surface area contributed by atoms with Gasteiger partial charge < -0.3 is 19.8 Å². The zero-order valence-corrected chi connectivity index (χ0v) is 26.1. The molecule has 236 valence electrons. The summed E-state index contributed by atoms with van der Waals surface area (Å²) in [6, 6.07) is 24.2. The number of carboxylic acids is 2. The molecule has 1 heterocycles. The first-order valence-electron chi connectivity index (χ1n) is 16.2. The third-order valence-electron chi connectivity index (χ3n) is 8.64. The number of piperazine rings is 1. The molecule has 2 N–H and O–H groups in total. The lowest BCUT2D eigenvalue weighted by Crippen LogP contribution is -2.46. The monoisotopic (exact) mass is 600 g/mol. The number of unbranched alkanes of at least 4 members (excludes halogenated alkanes) is 2. The van der Waals surface area contributed by atoms with E-state index in [1.807, 2.05) is 18.2 Å². The van der Waals surface area contributed by atoms with Crippen LogP contribution in [0.25, 0.3) is 0 Å². The predicted octanol–water partition coefficient (Wildman–Crippen LogP) is 7.11. The molecule has 1 unspecified atom stereocenters. The van der Waals surface area contributed by atoms with Gasteiger partial charge in [-0.15, -0.1) is 0 Å². The van der Waals surface area contributed by atoms with Crippen molar-refractivity contribution in [1.82, 2.24) is 4.90 Å². The summed E-state index contributed by atoms with van der Waals surface area (Å²) >= 11 is 0. The van der Waals surface area contributed by atoms with Gasteiger partial charge in [-0.25, -0.2) is 4.79 Å². The fourth-order valence-corrected chi connectivity index (χ4v) is 6.06. The van der Waals surface area contributed by atoms with E-state index in [1.165, 1.54) is 16.8 Å². The zero-order chi connectivity index (χ0) is 31.1. The fourth-order valence-electron chi connectivity index (χ4n) is 6.06. The molecule has 3 aromatic rings. The fraction of sp³-hybridized carbons (Fsp3) is 0.459. The van der Waals surface area contributed by atoms with Crippen molar-refractivity contribution in [2.24, 2.45) is 5.92 Å². The van der Waals surface area contributed by atoms with Gasteiger partial charge in [0.1, 0.15) is 5.75 Å². The largest absolute Gasteiger partial charge is 0.493 e. The predicted molar refractivity (Wildman–Crippen MR) is 176 cm³/mol. The van der Waals surface area contributed by atoms with Gasteiger partial charge in [-0.1, -0.05) is 55.3 Å². The summed E-state index contributed by atoms with van der Waals surface area (Å²) in [7, 11) is 0. The Labute approximate surface area is 262 Å². The van der Waals surface area contributed by atoms with Crippen molar-refractivity contribution in [1.29, 1.82) is 0 Å². The Kier molecular flexibility index (Phi) is 13.1. The van der Waals surface area contributed by atoms with Crippen molar-refractivity contribution in [3.63, 3.8) is 0 Å². The number of benzene rings is 3. The van der Waals surface area contributed by atoms with Crippen LogP contribution >= 0.6 is 0 Å². The van der Waals surface area contributed by atoms with Crippen molar-refractivity contribution in [3.05, 3.63) is 95.1 Å². The minimum atomic E-state index is -0.921. The third kappa shape index (κ3) is 11.0. The molecular formula is C37H48N2O5. The van der Waals surface area contributed by atoms with Crippen LogP contribution in [-0.4, -0.2) is 66.4 Å². The summed E-state index contributed by atoms with van der Waals surface area (Å²) in [6.45, 7) is 8.29. The molecule has 0 spiro atoms. The lowest BCUT2D eigenvalue weighted by Gasteiger charge is -2.36. The van der Waals surface area contributed by atoms with Crippen molar-refractivity contribution < 1.29 is 24.5 Å². The Morgan fingerprint density at radius 3 is 2.34 bits per heavy atom. The number of hydrogen-bond acceptors (Lipinski definition) is 5. The Bertz CT molecular complexity index is 1320. The van der Waals surface area contributed by atoms with Crippen LogP contribution in [-0.2, 0) is 17.6 Å². The Hall–Kier alpha value is -3.84. The van der Waals surface area contributed by atoms with Crippen LogP contribution in [0.3, 0.4) is 0 Å². The molecular weight excluding hydrogens is 552 g/mol.